The zero-order chi connectivity index (χ0) is 16.5. The van der Waals surface area contributed by atoms with Gasteiger partial charge < -0.3 is 10.6 Å². The molecule has 0 unspecified atom stereocenters. The van der Waals surface area contributed by atoms with Gasteiger partial charge in [0.15, 0.2) is 0 Å². The zero-order valence-electron chi connectivity index (χ0n) is 14.1. The summed E-state index contributed by atoms with van der Waals surface area (Å²) in [6, 6.07) is 16.6. The van der Waals surface area contributed by atoms with Crippen LogP contribution < -0.4 is 10.6 Å². The molecule has 3 heteroatoms. The minimum absolute atomic E-state index is 0.0607. The molecule has 122 valence electrons. The van der Waals surface area contributed by atoms with Crippen LogP contribution in [0, 0.1) is 13.8 Å². The van der Waals surface area contributed by atoms with E-state index in [9.17, 15) is 4.79 Å². The minimum atomic E-state index is 0.0607. The summed E-state index contributed by atoms with van der Waals surface area (Å²) in [7, 11) is 0. The number of benzene rings is 2. The third-order valence-electron chi connectivity index (χ3n) is 3.70. The van der Waals surface area contributed by atoms with Crippen LogP contribution in [0.15, 0.2) is 48.5 Å². The lowest BCUT2D eigenvalue weighted by Gasteiger charge is -2.08. The molecular weight excluding hydrogens is 284 g/mol. The van der Waals surface area contributed by atoms with Crippen molar-refractivity contribution in [3.05, 3.63) is 65.2 Å². The van der Waals surface area contributed by atoms with Crippen molar-refractivity contribution in [1.82, 2.24) is 5.32 Å². The Kier molecular flexibility index (Phi) is 6.82. The smallest absolute Gasteiger partial charge is 0.225 e. The lowest BCUT2D eigenvalue weighted by Crippen LogP contribution is -2.23. The van der Waals surface area contributed by atoms with E-state index in [1.54, 1.807) is 0 Å². The lowest BCUT2D eigenvalue weighted by atomic mass is 10.1. The highest BCUT2D eigenvalue weighted by Gasteiger charge is 2.03. The Morgan fingerprint density at radius 2 is 1.65 bits per heavy atom. The van der Waals surface area contributed by atoms with Crippen molar-refractivity contribution in [2.75, 3.05) is 18.4 Å². The normalized spacial score (nSPS) is 10.5. The first kappa shape index (κ1) is 17.2. The topological polar surface area (TPSA) is 41.1 Å². The molecule has 0 spiro atoms. The van der Waals surface area contributed by atoms with Crippen LogP contribution in [0.5, 0.6) is 0 Å². The molecule has 2 N–H and O–H groups in total. The fourth-order valence-electron chi connectivity index (χ4n) is 2.66. The SMILES string of the molecule is Cc1cc(C)cc(NC(=O)CCNCCCc2ccccc2)c1. The summed E-state index contributed by atoms with van der Waals surface area (Å²) in [5, 5.41) is 6.30. The van der Waals surface area contributed by atoms with Gasteiger partial charge in [0.2, 0.25) is 5.91 Å². The summed E-state index contributed by atoms with van der Waals surface area (Å²) in [6.07, 6.45) is 2.66. The van der Waals surface area contributed by atoms with E-state index in [2.05, 4.69) is 41.0 Å². The second-order valence-corrected chi connectivity index (χ2v) is 6.01. The molecule has 2 rings (SSSR count). The maximum atomic E-state index is 11.9. The van der Waals surface area contributed by atoms with Gasteiger partial charge in [-0.25, -0.2) is 0 Å². The Morgan fingerprint density at radius 1 is 0.957 bits per heavy atom. The van der Waals surface area contributed by atoms with Crippen LogP contribution in [0.2, 0.25) is 0 Å². The zero-order valence-corrected chi connectivity index (χ0v) is 14.1. The Morgan fingerprint density at radius 3 is 2.35 bits per heavy atom. The summed E-state index contributed by atoms with van der Waals surface area (Å²) in [4.78, 5) is 11.9. The Balaban J connectivity index is 1.59. The van der Waals surface area contributed by atoms with Gasteiger partial charge in [0.05, 0.1) is 0 Å². The quantitative estimate of drug-likeness (QED) is 0.727. The molecule has 0 fully saturated rings. The number of nitrogens with one attached hydrogen (secondary N) is 2. The van der Waals surface area contributed by atoms with Gasteiger partial charge in [0.25, 0.3) is 0 Å². The molecule has 0 bridgehead atoms. The molecule has 2 aromatic carbocycles. The Labute approximate surface area is 139 Å². The molecule has 0 saturated carbocycles. The average Bonchev–Trinajstić information content (AvgIpc) is 2.50. The highest BCUT2D eigenvalue weighted by Crippen LogP contribution is 2.13. The number of rotatable bonds is 8. The first-order chi connectivity index (χ1) is 11.1. The van der Waals surface area contributed by atoms with Crippen LogP contribution in [-0.2, 0) is 11.2 Å². The number of carbonyl (C=O) groups is 1. The van der Waals surface area contributed by atoms with Gasteiger partial charge >= 0.3 is 0 Å². The third-order valence-corrected chi connectivity index (χ3v) is 3.70. The summed E-state index contributed by atoms with van der Waals surface area (Å²) in [6.45, 7) is 5.73. The van der Waals surface area contributed by atoms with Gasteiger partial charge in [0.1, 0.15) is 0 Å². The number of anilines is 1. The van der Waals surface area contributed by atoms with Crippen molar-refractivity contribution in [2.45, 2.75) is 33.1 Å². The van der Waals surface area contributed by atoms with Crippen molar-refractivity contribution < 1.29 is 4.79 Å². The van der Waals surface area contributed by atoms with Gasteiger partial charge in [-0.1, -0.05) is 36.4 Å². The predicted molar refractivity (Wildman–Crippen MR) is 96.8 cm³/mol. The minimum Gasteiger partial charge on any atom is -0.326 e. The van der Waals surface area contributed by atoms with Gasteiger partial charge in [-0.05, 0) is 62.1 Å². The standard InChI is InChI=1S/C20H26N2O/c1-16-13-17(2)15-19(14-16)22-20(23)10-12-21-11-6-9-18-7-4-3-5-8-18/h3-5,7-8,13-15,21H,6,9-12H2,1-2H3,(H,22,23). The van der Waals surface area contributed by atoms with E-state index in [4.69, 9.17) is 0 Å². The van der Waals surface area contributed by atoms with Crippen LogP contribution >= 0.6 is 0 Å². The van der Waals surface area contributed by atoms with E-state index in [1.165, 1.54) is 16.7 Å². The largest absolute Gasteiger partial charge is 0.326 e. The highest BCUT2D eigenvalue weighted by molar-refractivity contribution is 5.91. The molecule has 0 aliphatic heterocycles. The molecule has 0 aromatic heterocycles. The van der Waals surface area contributed by atoms with Crippen LogP contribution in [0.4, 0.5) is 5.69 Å². The maximum Gasteiger partial charge on any atom is 0.225 e. The summed E-state index contributed by atoms with van der Waals surface area (Å²) >= 11 is 0. The molecule has 0 heterocycles. The number of hydrogen-bond acceptors (Lipinski definition) is 2. The molecule has 1 amide bonds. The van der Waals surface area contributed by atoms with Crippen molar-refractivity contribution in [3.63, 3.8) is 0 Å². The fourth-order valence-corrected chi connectivity index (χ4v) is 2.66. The van der Waals surface area contributed by atoms with Gasteiger partial charge in [0, 0.05) is 18.7 Å². The molecular formula is C20H26N2O. The third kappa shape index (κ3) is 6.66. The van der Waals surface area contributed by atoms with Crippen LogP contribution in [0.3, 0.4) is 0 Å². The average molecular weight is 310 g/mol. The number of aryl methyl sites for hydroxylation is 3. The summed E-state index contributed by atoms with van der Waals surface area (Å²) in [5.41, 5.74) is 4.58. The number of amides is 1. The van der Waals surface area contributed by atoms with E-state index in [0.717, 1.165) is 25.1 Å². The van der Waals surface area contributed by atoms with E-state index in [-0.39, 0.29) is 5.91 Å². The van der Waals surface area contributed by atoms with Gasteiger partial charge in [-0.3, -0.25) is 4.79 Å². The first-order valence-electron chi connectivity index (χ1n) is 8.26. The van der Waals surface area contributed by atoms with E-state index in [0.29, 0.717) is 13.0 Å². The number of hydrogen-bond donors (Lipinski definition) is 2. The molecule has 0 atom stereocenters. The fraction of sp³-hybridized carbons (Fsp3) is 0.350. The molecule has 2 aromatic rings. The molecule has 0 aliphatic rings. The Bertz CT molecular complexity index is 603. The van der Waals surface area contributed by atoms with Crippen molar-refractivity contribution in [3.8, 4) is 0 Å². The summed E-state index contributed by atoms with van der Waals surface area (Å²) in [5.74, 6) is 0.0607. The van der Waals surface area contributed by atoms with Crippen LogP contribution in [-0.4, -0.2) is 19.0 Å². The molecule has 0 saturated heterocycles. The van der Waals surface area contributed by atoms with E-state index < -0.39 is 0 Å². The second kappa shape index (κ2) is 9.11. The molecule has 3 nitrogen and oxygen atoms in total. The van der Waals surface area contributed by atoms with E-state index >= 15 is 0 Å². The van der Waals surface area contributed by atoms with Gasteiger partial charge in [-0.2, -0.15) is 0 Å². The first-order valence-corrected chi connectivity index (χ1v) is 8.26. The van der Waals surface area contributed by atoms with Crippen LogP contribution in [0.25, 0.3) is 0 Å². The summed E-state index contributed by atoms with van der Waals surface area (Å²) < 4.78 is 0. The highest BCUT2D eigenvalue weighted by atomic mass is 16.1. The molecule has 0 aliphatic carbocycles. The van der Waals surface area contributed by atoms with E-state index in [1.807, 2.05) is 32.0 Å². The Hall–Kier alpha value is -2.13. The van der Waals surface area contributed by atoms with Crippen molar-refractivity contribution in [1.29, 1.82) is 0 Å². The van der Waals surface area contributed by atoms with Crippen molar-refractivity contribution >= 4 is 11.6 Å². The molecule has 23 heavy (non-hydrogen) atoms. The van der Waals surface area contributed by atoms with Crippen molar-refractivity contribution in [2.24, 2.45) is 0 Å². The monoisotopic (exact) mass is 310 g/mol. The maximum absolute atomic E-state index is 11.9. The second-order valence-electron chi connectivity index (χ2n) is 6.01. The number of carbonyl (C=O) groups excluding carboxylic acids is 1. The molecule has 0 radical (unpaired) electrons. The van der Waals surface area contributed by atoms with Crippen LogP contribution in [0.1, 0.15) is 29.5 Å². The van der Waals surface area contributed by atoms with Gasteiger partial charge in [-0.15, -0.1) is 0 Å². The lowest BCUT2D eigenvalue weighted by molar-refractivity contribution is -0.116. The predicted octanol–water partition coefficient (Wildman–Crippen LogP) is 3.85.